The lowest BCUT2D eigenvalue weighted by Crippen LogP contribution is -2.35. The molecule has 2 saturated heterocycles. The van der Waals surface area contributed by atoms with Gasteiger partial charge in [0.15, 0.2) is 0 Å². The molecular formula is C29H33FN4O2. The van der Waals surface area contributed by atoms with E-state index in [9.17, 15) is 14.0 Å². The molecule has 2 aromatic carbocycles. The maximum atomic E-state index is 14.0. The number of pyridine rings is 1. The zero-order valence-corrected chi connectivity index (χ0v) is 20.9. The van der Waals surface area contributed by atoms with Gasteiger partial charge in [0.05, 0.1) is 5.52 Å². The number of amides is 2. The van der Waals surface area contributed by atoms with E-state index in [-0.39, 0.29) is 11.8 Å². The first-order valence-corrected chi connectivity index (χ1v) is 13.0. The molecule has 0 spiro atoms. The molecule has 0 atom stereocenters. The number of aryl methyl sites for hydroxylation is 1. The lowest BCUT2D eigenvalue weighted by molar-refractivity contribution is -0.127. The third-order valence-corrected chi connectivity index (χ3v) is 7.18. The number of fused-ring (bicyclic) bond motifs is 1. The average molecular weight is 489 g/mol. The lowest BCUT2D eigenvalue weighted by atomic mass is 10.1. The molecule has 3 heterocycles. The Bertz CT molecular complexity index is 1270. The van der Waals surface area contributed by atoms with E-state index >= 15 is 0 Å². The van der Waals surface area contributed by atoms with E-state index in [1.165, 1.54) is 12.1 Å². The molecule has 36 heavy (non-hydrogen) atoms. The van der Waals surface area contributed by atoms with Gasteiger partial charge < -0.3 is 14.7 Å². The zero-order valence-electron chi connectivity index (χ0n) is 20.9. The second-order valence-corrected chi connectivity index (χ2v) is 9.94. The van der Waals surface area contributed by atoms with Gasteiger partial charge in [-0.1, -0.05) is 17.7 Å². The van der Waals surface area contributed by atoms with Crippen LogP contribution in [-0.4, -0.2) is 59.3 Å². The van der Waals surface area contributed by atoms with E-state index in [1.54, 1.807) is 17.0 Å². The van der Waals surface area contributed by atoms with Crippen molar-refractivity contribution in [2.75, 3.05) is 37.6 Å². The summed E-state index contributed by atoms with van der Waals surface area (Å²) in [6, 6.07) is 14.3. The van der Waals surface area contributed by atoms with Crippen molar-refractivity contribution in [3.8, 4) is 0 Å². The molecule has 0 unspecified atom stereocenters. The van der Waals surface area contributed by atoms with Gasteiger partial charge in [-0.05, 0) is 69.0 Å². The minimum atomic E-state index is -0.427. The van der Waals surface area contributed by atoms with E-state index in [4.69, 9.17) is 4.98 Å². The molecule has 2 fully saturated rings. The molecule has 2 amide bonds. The summed E-state index contributed by atoms with van der Waals surface area (Å²) >= 11 is 0. The van der Waals surface area contributed by atoms with E-state index in [0.717, 1.165) is 66.7 Å². The molecule has 3 aromatic rings. The molecule has 6 nitrogen and oxygen atoms in total. The maximum Gasteiger partial charge on any atom is 0.254 e. The highest BCUT2D eigenvalue weighted by Crippen LogP contribution is 2.29. The Labute approximate surface area is 211 Å². The minimum Gasteiger partial charge on any atom is -0.356 e. The van der Waals surface area contributed by atoms with E-state index in [2.05, 4.69) is 36.1 Å². The van der Waals surface area contributed by atoms with Gasteiger partial charge in [-0.3, -0.25) is 9.59 Å². The second-order valence-electron chi connectivity index (χ2n) is 9.94. The SMILES string of the molecule is Cc1ccc2nc(N3CCCC3)c(CN(CCCN3CCCC3=O)C(=O)c3cccc(F)c3)cc2c1. The van der Waals surface area contributed by atoms with Crippen molar-refractivity contribution in [3.05, 3.63) is 71.0 Å². The molecule has 188 valence electrons. The van der Waals surface area contributed by atoms with Crippen LogP contribution in [0.5, 0.6) is 0 Å². The Morgan fingerprint density at radius 3 is 2.64 bits per heavy atom. The summed E-state index contributed by atoms with van der Waals surface area (Å²) in [6.07, 6.45) is 4.43. The van der Waals surface area contributed by atoms with Gasteiger partial charge in [-0.2, -0.15) is 0 Å². The van der Waals surface area contributed by atoms with Crippen molar-refractivity contribution in [2.24, 2.45) is 0 Å². The summed E-state index contributed by atoms with van der Waals surface area (Å²) in [5.41, 5.74) is 3.44. The monoisotopic (exact) mass is 488 g/mol. The van der Waals surface area contributed by atoms with Crippen LogP contribution in [-0.2, 0) is 11.3 Å². The van der Waals surface area contributed by atoms with Crippen molar-refractivity contribution >= 4 is 28.5 Å². The summed E-state index contributed by atoms with van der Waals surface area (Å²) in [5, 5.41) is 1.05. The Balaban J connectivity index is 1.46. The van der Waals surface area contributed by atoms with Crippen molar-refractivity contribution < 1.29 is 14.0 Å². The number of aromatic nitrogens is 1. The van der Waals surface area contributed by atoms with Gasteiger partial charge in [0.2, 0.25) is 5.91 Å². The van der Waals surface area contributed by atoms with Gasteiger partial charge in [0, 0.05) is 62.2 Å². The first-order valence-electron chi connectivity index (χ1n) is 13.0. The summed E-state index contributed by atoms with van der Waals surface area (Å²) in [4.78, 5) is 36.7. The third-order valence-electron chi connectivity index (χ3n) is 7.18. The highest BCUT2D eigenvalue weighted by molar-refractivity contribution is 5.94. The Morgan fingerprint density at radius 2 is 1.89 bits per heavy atom. The van der Waals surface area contributed by atoms with Crippen molar-refractivity contribution in [3.63, 3.8) is 0 Å². The molecule has 0 bridgehead atoms. The predicted octanol–water partition coefficient (Wildman–Crippen LogP) is 4.94. The molecule has 1 aromatic heterocycles. The molecule has 2 aliphatic heterocycles. The van der Waals surface area contributed by atoms with Crippen LogP contribution in [0.4, 0.5) is 10.2 Å². The second kappa shape index (κ2) is 10.6. The molecule has 5 rings (SSSR count). The van der Waals surface area contributed by atoms with Gasteiger partial charge in [-0.25, -0.2) is 9.37 Å². The number of nitrogens with zero attached hydrogens (tertiary/aromatic N) is 4. The van der Waals surface area contributed by atoms with Crippen LogP contribution in [0.15, 0.2) is 48.5 Å². The smallest absolute Gasteiger partial charge is 0.254 e. The van der Waals surface area contributed by atoms with E-state index in [0.29, 0.717) is 38.0 Å². The number of hydrogen-bond donors (Lipinski definition) is 0. The Kier molecular flexibility index (Phi) is 7.16. The molecule has 0 N–H and O–H groups in total. The summed E-state index contributed by atoms with van der Waals surface area (Å²) < 4.78 is 14.0. The Morgan fingerprint density at radius 1 is 1.06 bits per heavy atom. The minimum absolute atomic E-state index is 0.184. The normalized spacial score (nSPS) is 15.8. The van der Waals surface area contributed by atoms with E-state index in [1.807, 2.05) is 4.90 Å². The highest BCUT2D eigenvalue weighted by atomic mass is 19.1. The van der Waals surface area contributed by atoms with E-state index < -0.39 is 5.82 Å². The summed E-state index contributed by atoms with van der Waals surface area (Å²) in [7, 11) is 0. The highest BCUT2D eigenvalue weighted by Gasteiger charge is 2.24. The third kappa shape index (κ3) is 5.35. The number of carbonyl (C=O) groups excluding carboxylic acids is 2. The van der Waals surface area contributed by atoms with Gasteiger partial charge in [-0.15, -0.1) is 0 Å². The van der Waals surface area contributed by atoms with Crippen LogP contribution < -0.4 is 4.90 Å². The fourth-order valence-electron chi connectivity index (χ4n) is 5.30. The summed E-state index contributed by atoms with van der Waals surface area (Å²) in [5.74, 6) is 0.474. The van der Waals surface area contributed by atoms with Gasteiger partial charge in [0.1, 0.15) is 11.6 Å². The first-order chi connectivity index (χ1) is 17.5. The fourth-order valence-corrected chi connectivity index (χ4v) is 5.30. The average Bonchev–Trinajstić information content (AvgIpc) is 3.55. The molecule has 7 heteroatoms. The number of hydrogen-bond acceptors (Lipinski definition) is 4. The van der Waals surface area contributed by atoms with Crippen LogP contribution in [0.2, 0.25) is 0 Å². The van der Waals surface area contributed by atoms with Gasteiger partial charge >= 0.3 is 0 Å². The van der Waals surface area contributed by atoms with Crippen LogP contribution in [0, 0.1) is 12.7 Å². The standard InChI is InChI=1S/C29H33FN4O2/c1-21-10-11-26-23(17-21)18-24(28(31-26)33-12-2-3-13-33)20-34(16-6-15-32-14-5-9-27(32)35)29(36)22-7-4-8-25(30)19-22/h4,7-8,10-11,17-19H,2-3,5-6,9,12-16,20H2,1H3. The Hall–Kier alpha value is -3.48. The maximum absolute atomic E-state index is 14.0. The van der Waals surface area contributed by atoms with Crippen LogP contribution in [0.1, 0.15) is 53.6 Å². The number of halogens is 1. The van der Waals surface area contributed by atoms with Crippen molar-refractivity contribution in [1.29, 1.82) is 0 Å². The van der Waals surface area contributed by atoms with Crippen molar-refractivity contribution in [2.45, 2.75) is 45.6 Å². The summed E-state index contributed by atoms with van der Waals surface area (Å²) in [6.45, 7) is 6.23. The van der Waals surface area contributed by atoms with Crippen LogP contribution in [0.3, 0.4) is 0 Å². The number of benzene rings is 2. The fraction of sp³-hybridized carbons (Fsp3) is 0.414. The lowest BCUT2D eigenvalue weighted by Gasteiger charge is -2.27. The molecule has 0 aliphatic carbocycles. The number of rotatable bonds is 8. The topological polar surface area (TPSA) is 56.8 Å². The predicted molar refractivity (Wildman–Crippen MR) is 139 cm³/mol. The molecule has 2 aliphatic rings. The largest absolute Gasteiger partial charge is 0.356 e. The van der Waals surface area contributed by atoms with Crippen LogP contribution in [0.25, 0.3) is 10.9 Å². The zero-order chi connectivity index (χ0) is 25.1. The number of anilines is 1. The number of likely N-dealkylation sites (tertiary alicyclic amines) is 1. The van der Waals surface area contributed by atoms with Crippen LogP contribution >= 0.6 is 0 Å². The molecule has 0 radical (unpaired) electrons. The number of carbonyl (C=O) groups is 2. The molecular weight excluding hydrogens is 455 g/mol. The first kappa shape index (κ1) is 24.2. The van der Waals surface area contributed by atoms with Crippen molar-refractivity contribution in [1.82, 2.24) is 14.8 Å². The molecule has 0 saturated carbocycles. The quantitative estimate of drug-likeness (QED) is 0.451. The van der Waals surface area contributed by atoms with Gasteiger partial charge in [0.25, 0.3) is 5.91 Å².